The number of carbonyl (C=O) groups excluding carboxylic acids is 1. The van der Waals surface area contributed by atoms with Gasteiger partial charge in [0.05, 0.1) is 17.4 Å². The lowest BCUT2D eigenvalue weighted by Crippen LogP contribution is -2.20. The van der Waals surface area contributed by atoms with E-state index in [0.717, 1.165) is 6.54 Å². The Hall–Kier alpha value is -2.02. The third-order valence-corrected chi connectivity index (χ3v) is 2.97. The van der Waals surface area contributed by atoms with Crippen LogP contribution in [0.25, 0.3) is 0 Å². The van der Waals surface area contributed by atoms with Gasteiger partial charge < -0.3 is 20.7 Å². The smallest absolute Gasteiger partial charge is 0.259 e. The first-order valence-corrected chi connectivity index (χ1v) is 6.95. The topological polar surface area (TPSA) is 80.5 Å². The number of nitrogens with zero attached hydrogens (tertiary/aromatic N) is 2. The normalized spacial score (nSPS) is 9.62. The summed E-state index contributed by atoms with van der Waals surface area (Å²) in [6, 6.07) is 10.5. The second-order valence-corrected chi connectivity index (χ2v) is 5.07. The van der Waals surface area contributed by atoms with Crippen LogP contribution in [-0.4, -0.2) is 43.0 Å². The van der Waals surface area contributed by atoms with Gasteiger partial charge in [0.15, 0.2) is 0 Å². The summed E-state index contributed by atoms with van der Waals surface area (Å²) < 4.78 is 5.69. The molecule has 1 heterocycles. The lowest BCUT2D eigenvalue weighted by atomic mass is 10.2. The number of anilines is 2. The zero-order valence-corrected chi connectivity index (χ0v) is 15.2. The first-order valence-electron chi connectivity index (χ1n) is 6.95. The van der Waals surface area contributed by atoms with E-state index in [1.807, 2.05) is 25.1 Å². The molecule has 0 saturated carbocycles. The first kappa shape index (κ1) is 22.0. The number of pyridine rings is 1. The molecule has 0 bridgehead atoms. The number of carbonyl (C=O) groups is 1. The van der Waals surface area contributed by atoms with Crippen molar-refractivity contribution in [2.24, 2.45) is 0 Å². The van der Waals surface area contributed by atoms with Gasteiger partial charge in [-0.15, -0.1) is 24.8 Å². The molecule has 0 aliphatic carbocycles. The highest BCUT2D eigenvalue weighted by molar-refractivity contribution is 6.06. The molecule has 2 aromatic rings. The molecule has 0 fully saturated rings. The minimum Gasteiger partial charge on any atom is -0.491 e. The van der Waals surface area contributed by atoms with Crippen molar-refractivity contribution in [1.82, 2.24) is 9.88 Å². The first-order chi connectivity index (χ1) is 10.6. The van der Waals surface area contributed by atoms with Gasteiger partial charge in [0, 0.05) is 6.54 Å². The zero-order valence-electron chi connectivity index (χ0n) is 13.6. The minimum absolute atomic E-state index is 0. The average Bonchev–Trinajstić information content (AvgIpc) is 2.49. The fourth-order valence-corrected chi connectivity index (χ4v) is 1.80. The van der Waals surface area contributed by atoms with E-state index < -0.39 is 0 Å². The van der Waals surface area contributed by atoms with Crippen molar-refractivity contribution >= 4 is 42.2 Å². The molecule has 1 aromatic carbocycles. The molecule has 1 amide bonds. The van der Waals surface area contributed by atoms with Crippen LogP contribution in [0.4, 0.5) is 11.5 Å². The summed E-state index contributed by atoms with van der Waals surface area (Å²) in [6.45, 7) is 1.29. The number of amides is 1. The number of benzene rings is 1. The van der Waals surface area contributed by atoms with Crippen molar-refractivity contribution in [3.8, 4) is 5.75 Å². The summed E-state index contributed by atoms with van der Waals surface area (Å²) in [5.41, 5.74) is 6.59. The highest BCUT2D eigenvalue weighted by Crippen LogP contribution is 2.19. The lowest BCUT2D eigenvalue weighted by molar-refractivity contribution is 0.102. The quantitative estimate of drug-likeness (QED) is 0.814. The van der Waals surface area contributed by atoms with Gasteiger partial charge in [-0.1, -0.05) is 12.1 Å². The van der Waals surface area contributed by atoms with E-state index >= 15 is 0 Å². The van der Waals surface area contributed by atoms with Gasteiger partial charge in [-0.05, 0) is 38.4 Å². The van der Waals surface area contributed by atoms with Gasteiger partial charge in [0.25, 0.3) is 5.91 Å². The number of nitrogens with one attached hydrogen (secondary N) is 1. The number of nitrogens with two attached hydrogens (primary N) is 1. The Kier molecular flexibility index (Phi) is 9.80. The number of hydrogen-bond acceptors (Lipinski definition) is 5. The van der Waals surface area contributed by atoms with E-state index in [0.29, 0.717) is 29.4 Å². The summed E-state index contributed by atoms with van der Waals surface area (Å²) in [4.78, 5) is 18.3. The van der Waals surface area contributed by atoms with Gasteiger partial charge >= 0.3 is 0 Å². The van der Waals surface area contributed by atoms with Gasteiger partial charge in [-0.25, -0.2) is 4.98 Å². The van der Waals surface area contributed by atoms with E-state index in [1.165, 1.54) is 6.20 Å². The summed E-state index contributed by atoms with van der Waals surface area (Å²) in [5, 5.41) is 2.78. The van der Waals surface area contributed by atoms with Crippen molar-refractivity contribution in [3.63, 3.8) is 0 Å². The number of halogens is 2. The number of hydrogen-bond donors (Lipinski definition) is 2. The molecule has 2 rings (SSSR count). The van der Waals surface area contributed by atoms with E-state index in [2.05, 4.69) is 10.3 Å². The fraction of sp³-hybridized carbons (Fsp3) is 0.250. The van der Waals surface area contributed by atoms with Crippen LogP contribution in [-0.2, 0) is 0 Å². The van der Waals surface area contributed by atoms with Crippen LogP contribution in [0.3, 0.4) is 0 Å². The Morgan fingerprint density at radius 2 is 1.92 bits per heavy atom. The fourth-order valence-electron chi connectivity index (χ4n) is 1.80. The minimum atomic E-state index is -0.243. The summed E-state index contributed by atoms with van der Waals surface area (Å²) in [6.07, 6.45) is 1.52. The molecule has 0 aliphatic rings. The molecule has 6 nitrogen and oxygen atoms in total. The molecular formula is C16H22Cl2N4O2. The number of ether oxygens (including phenoxy) is 1. The maximum absolute atomic E-state index is 12.4. The number of likely N-dealkylation sites (N-methyl/N-ethyl adjacent to an activating group) is 1. The second kappa shape index (κ2) is 10.7. The second-order valence-electron chi connectivity index (χ2n) is 5.07. The van der Waals surface area contributed by atoms with Gasteiger partial charge in [-0.3, -0.25) is 4.79 Å². The van der Waals surface area contributed by atoms with Gasteiger partial charge in [0.2, 0.25) is 0 Å². The number of para-hydroxylation sites is 1. The van der Waals surface area contributed by atoms with Crippen molar-refractivity contribution < 1.29 is 9.53 Å². The molecular weight excluding hydrogens is 351 g/mol. The number of nitrogen functional groups attached to an aromatic ring is 1. The van der Waals surface area contributed by atoms with Gasteiger partial charge in [-0.2, -0.15) is 0 Å². The molecule has 0 unspecified atom stereocenters. The van der Waals surface area contributed by atoms with Crippen molar-refractivity contribution in [3.05, 3.63) is 48.2 Å². The number of aromatic nitrogens is 1. The molecule has 8 heteroatoms. The Labute approximate surface area is 154 Å². The summed E-state index contributed by atoms with van der Waals surface area (Å²) in [7, 11) is 3.94. The third-order valence-electron chi connectivity index (χ3n) is 2.97. The summed E-state index contributed by atoms with van der Waals surface area (Å²) in [5.74, 6) is 0.725. The SMILES string of the molecule is CN(C)CCOc1ccccc1C(=O)Nc1ccc(N)nc1.Cl.Cl. The van der Waals surface area contributed by atoms with E-state index in [4.69, 9.17) is 10.5 Å². The van der Waals surface area contributed by atoms with Crippen LogP contribution in [0, 0.1) is 0 Å². The molecule has 0 saturated heterocycles. The van der Waals surface area contributed by atoms with Crippen LogP contribution in [0.2, 0.25) is 0 Å². The molecule has 3 N–H and O–H groups in total. The Morgan fingerprint density at radius 1 is 1.21 bits per heavy atom. The molecule has 1 aromatic heterocycles. The third kappa shape index (κ3) is 6.62. The van der Waals surface area contributed by atoms with Crippen LogP contribution < -0.4 is 15.8 Å². The van der Waals surface area contributed by atoms with Crippen molar-refractivity contribution in [2.75, 3.05) is 38.3 Å². The standard InChI is InChI=1S/C16H20N4O2.2ClH/c1-20(2)9-10-22-14-6-4-3-5-13(14)16(21)19-12-7-8-15(17)18-11-12;;/h3-8,11H,9-10H2,1-2H3,(H2,17,18)(H,19,21);2*1H. The summed E-state index contributed by atoms with van der Waals surface area (Å²) >= 11 is 0. The van der Waals surface area contributed by atoms with Crippen molar-refractivity contribution in [1.29, 1.82) is 0 Å². The molecule has 24 heavy (non-hydrogen) atoms. The van der Waals surface area contributed by atoms with Gasteiger partial charge in [0.1, 0.15) is 18.2 Å². The molecule has 0 atom stereocenters. The number of rotatable bonds is 6. The average molecular weight is 373 g/mol. The Bertz CT molecular complexity index is 636. The van der Waals surface area contributed by atoms with Crippen LogP contribution in [0.15, 0.2) is 42.6 Å². The molecule has 0 spiro atoms. The maximum Gasteiger partial charge on any atom is 0.259 e. The van der Waals surface area contributed by atoms with Crippen LogP contribution >= 0.6 is 24.8 Å². The van der Waals surface area contributed by atoms with E-state index in [1.54, 1.807) is 30.3 Å². The highest BCUT2D eigenvalue weighted by atomic mass is 35.5. The van der Waals surface area contributed by atoms with Crippen molar-refractivity contribution in [2.45, 2.75) is 0 Å². The molecule has 0 aliphatic heterocycles. The Morgan fingerprint density at radius 3 is 2.54 bits per heavy atom. The maximum atomic E-state index is 12.4. The predicted molar refractivity (Wildman–Crippen MR) is 102 cm³/mol. The monoisotopic (exact) mass is 372 g/mol. The molecule has 132 valence electrons. The lowest BCUT2D eigenvalue weighted by Gasteiger charge is -2.14. The predicted octanol–water partition coefficient (Wildman–Crippen LogP) is 2.70. The zero-order chi connectivity index (χ0) is 15.9. The van der Waals surface area contributed by atoms with E-state index in [-0.39, 0.29) is 30.7 Å². The van der Waals surface area contributed by atoms with E-state index in [9.17, 15) is 4.79 Å². The van der Waals surface area contributed by atoms with Crippen LogP contribution in [0.5, 0.6) is 5.75 Å². The highest BCUT2D eigenvalue weighted by Gasteiger charge is 2.12. The Balaban J connectivity index is 0.00000264. The van der Waals surface area contributed by atoms with Crippen LogP contribution in [0.1, 0.15) is 10.4 Å². The largest absolute Gasteiger partial charge is 0.491 e. The molecule has 0 radical (unpaired) electrons.